The second-order valence-corrected chi connectivity index (χ2v) is 6.23. The Kier molecular flexibility index (Phi) is 4.36. The summed E-state index contributed by atoms with van der Waals surface area (Å²) >= 11 is 0.872. The smallest absolute Gasteiger partial charge is 0.355 e. The third kappa shape index (κ3) is 3.50. The number of halogens is 3. The summed E-state index contributed by atoms with van der Waals surface area (Å²) in [6, 6.07) is 0. The molecule has 0 aromatic carbocycles. The van der Waals surface area contributed by atoms with Crippen molar-refractivity contribution < 1.29 is 18.0 Å². The van der Waals surface area contributed by atoms with E-state index in [9.17, 15) is 18.0 Å². The van der Waals surface area contributed by atoms with Gasteiger partial charge in [-0.15, -0.1) is 11.3 Å². The van der Waals surface area contributed by atoms with Crippen molar-refractivity contribution in [2.24, 2.45) is 5.41 Å². The Balaban J connectivity index is 1.84. The number of hydrogen-bond acceptors (Lipinski definition) is 3. The van der Waals surface area contributed by atoms with Gasteiger partial charge in [0.2, 0.25) is 5.91 Å². The predicted octanol–water partition coefficient (Wildman–Crippen LogP) is 3.40. The summed E-state index contributed by atoms with van der Waals surface area (Å²) in [5.41, 5.74) is -0.718. The molecule has 1 aliphatic rings. The van der Waals surface area contributed by atoms with Crippen LogP contribution < -0.4 is 5.32 Å². The molecular weight excluding hydrogens is 289 g/mol. The number of aromatic nitrogens is 1. The number of alkyl halides is 3. The van der Waals surface area contributed by atoms with Gasteiger partial charge in [-0.3, -0.25) is 4.79 Å². The minimum Gasteiger partial charge on any atom is -0.355 e. The Bertz CT molecular complexity index is 475. The van der Waals surface area contributed by atoms with E-state index in [1.54, 1.807) is 0 Å². The Morgan fingerprint density at radius 1 is 1.50 bits per heavy atom. The summed E-state index contributed by atoms with van der Waals surface area (Å²) in [5, 5.41) is 3.97. The van der Waals surface area contributed by atoms with E-state index in [0.29, 0.717) is 6.54 Å². The minimum atomic E-state index is -4.44. The van der Waals surface area contributed by atoms with Crippen molar-refractivity contribution in [1.29, 1.82) is 0 Å². The predicted molar refractivity (Wildman–Crippen MR) is 70.4 cm³/mol. The van der Waals surface area contributed by atoms with E-state index < -0.39 is 11.9 Å². The van der Waals surface area contributed by atoms with Gasteiger partial charge in [0.15, 0.2) is 5.69 Å². The molecule has 112 valence electrons. The number of hydrogen-bond donors (Lipinski definition) is 1. The Morgan fingerprint density at radius 3 is 2.65 bits per heavy atom. The topological polar surface area (TPSA) is 42.0 Å². The molecule has 20 heavy (non-hydrogen) atoms. The second kappa shape index (κ2) is 5.71. The number of thiazole rings is 1. The van der Waals surface area contributed by atoms with Gasteiger partial charge >= 0.3 is 6.18 Å². The molecule has 0 aliphatic heterocycles. The van der Waals surface area contributed by atoms with Crippen molar-refractivity contribution in [3.8, 4) is 0 Å². The molecule has 0 spiro atoms. The van der Waals surface area contributed by atoms with Crippen LogP contribution in [0.25, 0.3) is 0 Å². The van der Waals surface area contributed by atoms with Gasteiger partial charge in [-0.05, 0) is 24.7 Å². The normalized spacial score (nSPS) is 17.6. The number of carbonyl (C=O) groups excluding carboxylic acids is 1. The highest BCUT2D eigenvalue weighted by atomic mass is 32.1. The van der Waals surface area contributed by atoms with Crippen LogP contribution >= 0.6 is 11.3 Å². The maximum Gasteiger partial charge on any atom is 0.434 e. The van der Waals surface area contributed by atoms with E-state index in [0.717, 1.165) is 36.0 Å². The van der Waals surface area contributed by atoms with E-state index in [4.69, 9.17) is 0 Å². The fourth-order valence-corrected chi connectivity index (χ4v) is 3.14. The first-order chi connectivity index (χ1) is 9.35. The summed E-state index contributed by atoms with van der Waals surface area (Å²) in [6.07, 6.45) is -0.101. The fraction of sp³-hybridized carbons (Fsp3) is 0.692. The zero-order chi connectivity index (χ0) is 14.8. The van der Waals surface area contributed by atoms with Crippen LogP contribution in [0.5, 0.6) is 0 Å². The number of nitrogens with zero attached hydrogens (tertiary/aromatic N) is 1. The summed E-state index contributed by atoms with van der Waals surface area (Å²) in [7, 11) is 0. The van der Waals surface area contributed by atoms with Gasteiger partial charge in [0, 0.05) is 11.9 Å². The maximum absolute atomic E-state index is 12.4. The van der Waals surface area contributed by atoms with Gasteiger partial charge in [-0.2, -0.15) is 13.2 Å². The molecule has 0 atom stereocenters. The maximum atomic E-state index is 12.4. The largest absolute Gasteiger partial charge is 0.434 e. The molecule has 2 rings (SSSR count). The Labute approximate surface area is 119 Å². The van der Waals surface area contributed by atoms with Crippen molar-refractivity contribution in [3.63, 3.8) is 0 Å². The number of rotatable bonds is 5. The van der Waals surface area contributed by atoms with Crippen molar-refractivity contribution >= 4 is 17.2 Å². The highest BCUT2D eigenvalue weighted by Crippen LogP contribution is 2.43. The SMILES string of the molecule is CCC1(CNC(=O)Cc2nc(C(F)(F)F)cs2)CCC1. The Hall–Kier alpha value is -1.11. The van der Waals surface area contributed by atoms with E-state index in [-0.39, 0.29) is 22.8 Å². The first-order valence-electron chi connectivity index (χ1n) is 6.63. The van der Waals surface area contributed by atoms with Crippen LogP contribution in [0.3, 0.4) is 0 Å². The molecule has 0 radical (unpaired) electrons. The average Bonchev–Trinajstić information content (AvgIpc) is 2.76. The van der Waals surface area contributed by atoms with Gasteiger partial charge in [0.1, 0.15) is 5.01 Å². The lowest BCUT2D eigenvalue weighted by Crippen LogP contribution is -2.42. The number of amides is 1. The van der Waals surface area contributed by atoms with Gasteiger partial charge in [-0.25, -0.2) is 4.98 Å². The van der Waals surface area contributed by atoms with Gasteiger partial charge < -0.3 is 5.32 Å². The molecule has 1 saturated carbocycles. The summed E-state index contributed by atoms with van der Waals surface area (Å²) in [5.74, 6) is -0.257. The highest BCUT2D eigenvalue weighted by Gasteiger charge is 2.36. The average molecular weight is 306 g/mol. The van der Waals surface area contributed by atoms with E-state index in [2.05, 4.69) is 17.2 Å². The monoisotopic (exact) mass is 306 g/mol. The van der Waals surface area contributed by atoms with E-state index in [1.807, 2.05) is 0 Å². The second-order valence-electron chi connectivity index (χ2n) is 5.28. The molecule has 1 aliphatic carbocycles. The standard InChI is InChI=1S/C13H17F3N2OS/c1-2-12(4-3-5-12)8-17-10(19)6-11-18-9(7-20-11)13(14,15)16/h7H,2-6,8H2,1H3,(H,17,19). The number of carbonyl (C=O) groups is 1. The van der Waals surface area contributed by atoms with E-state index >= 15 is 0 Å². The van der Waals surface area contributed by atoms with Gasteiger partial charge in [0.25, 0.3) is 0 Å². The lowest BCUT2D eigenvalue weighted by molar-refractivity contribution is -0.141. The summed E-state index contributed by atoms with van der Waals surface area (Å²) < 4.78 is 37.2. The molecule has 1 N–H and O–H groups in total. The van der Waals surface area contributed by atoms with Crippen molar-refractivity contribution in [2.45, 2.75) is 45.2 Å². The van der Waals surface area contributed by atoms with Crippen LogP contribution in [0, 0.1) is 5.41 Å². The van der Waals surface area contributed by atoms with Crippen molar-refractivity contribution in [2.75, 3.05) is 6.54 Å². The van der Waals surface area contributed by atoms with Crippen LogP contribution in [-0.4, -0.2) is 17.4 Å². The van der Waals surface area contributed by atoms with Crippen LogP contribution in [0.1, 0.15) is 43.3 Å². The molecular formula is C13H17F3N2OS. The lowest BCUT2D eigenvalue weighted by atomic mass is 9.67. The summed E-state index contributed by atoms with van der Waals surface area (Å²) in [6.45, 7) is 2.71. The van der Waals surface area contributed by atoms with E-state index in [1.165, 1.54) is 6.42 Å². The first-order valence-corrected chi connectivity index (χ1v) is 7.51. The zero-order valence-corrected chi connectivity index (χ0v) is 12.0. The van der Waals surface area contributed by atoms with Crippen LogP contribution in [0.15, 0.2) is 5.38 Å². The van der Waals surface area contributed by atoms with Crippen LogP contribution in [-0.2, 0) is 17.4 Å². The van der Waals surface area contributed by atoms with Crippen molar-refractivity contribution in [1.82, 2.24) is 10.3 Å². The molecule has 1 amide bonds. The number of nitrogens with one attached hydrogen (secondary N) is 1. The molecule has 1 heterocycles. The van der Waals surface area contributed by atoms with Crippen LogP contribution in [0.2, 0.25) is 0 Å². The fourth-order valence-electron chi connectivity index (χ4n) is 2.34. The molecule has 1 aromatic rings. The van der Waals surface area contributed by atoms with Gasteiger partial charge in [0.05, 0.1) is 6.42 Å². The molecule has 1 fully saturated rings. The zero-order valence-electron chi connectivity index (χ0n) is 11.2. The third-order valence-electron chi connectivity index (χ3n) is 3.98. The van der Waals surface area contributed by atoms with Gasteiger partial charge in [-0.1, -0.05) is 13.3 Å². The molecule has 0 unspecified atom stereocenters. The molecule has 7 heteroatoms. The third-order valence-corrected chi connectivity index (χ3v) is 4.83. The molecule has 0 saturated heterocycles. The Morgan fingerprint density at radius 2 is 2.20 bits per heavy atom. The first kappa shape index (κ1) is 15.3. The minimum absolute atomic E-state index is 0.0828. The highest BCUT2D eigenvalue weighted by molar-refractivity contribution is 7.09. The molecule has 0 bridgehead atoms. The van der Waals surface area contributed by atoms with Crippen molar-refractivity contribution in [3.05, 3.63) is 16.1 Å². The van der Waals surface area contributed by atoms with Crippen LogP contribution in [0.4, 0.5) is 13.2 Å². The quantitative estimate of drug-likeness (QED) is 0.906. The molecule has 1 aromatic heterocycles. The lowest BCUT2D eigenvalue weighted by Gasteiger charge is -2.41. The molecule has 3 nitrogen and oxygen atoms in total. The summed E-state index contributed by atoms with van der Waals surface area (Å²) in [4.78, 5) is 15.2.